The van der Waals surface area contributed by atoms with E-state index in [-0.39, 0.29) is 0 Å². The number of hydrogen-bond donors (Lipinski definition) is 2. The van der Waals surface area contributed by atoms with Gasteiger partial charge in [0.2, 0.25) is 0 Å². The molecule has 1 aromatic carbocycles. The van der Waals surface area contributed by atoms with Crippen LogP contribution in [-0.2, 0) is 0 Å². The molecule has 0 saturated carbocycles. The molecule has 0 unspecified atom stereocenters. The number of aliphatic hydroxyl groups is 2. The summed E-state index contributed by atoms with van der Waals surface area (Å²) in [5.41, 5.74) is 0.870. The van der Waals surface area contributed by atoms with Crippen molar-refractivity contribution in [2.75, 3.05) is 0 Å². The Hall–Kier alpha value is -0.860. The van der Waals surface area contributed by atoms with Gasteiger partial charge < -0.3 is 10.2 Å². The zero-order chi connectivity index (χ0) is 9.68. The minimum atomic E-state index is -0.545. The lowest BCUT2D eigenvalue weighted by molar-refractivity contribution is 0.0784. The molecule has 72 valence electrons. The number of rotatable bonds is 4. The third-order valence-corrected chi connectivity index (χ3v) is 2.15. The molecule has 0 fully saturated rings. The molecule has 0 aromatic heterocycles. The first-order chi connectivity index (χ1) is 6.24. The number of benzene rings is 1. The first-order valence-electron chi connectivity index (χ1n) is 4.65. The van der Waals surface area contributed by atoms with Crippen LogP contribution < -0.4 is 0 Å². The molecule has 0 saturated heterocycles. The van der Waals surface area contributed by atoms with Crippen LogP contribution in [0, 0.1) is 0 Å². The van der Waals surface area contributed by atoms with Crippen molar-refractivity contribution in [1.29, 1.82) is 0 Å². The summed E-state index contributed by atoms with van der Waals surface area (Å²) in [5.74, 6) is 0. The van der Waals surface area contributed by atoms with Crippen molar-refractivity contribution in [3.63, 3.8) is 0 Å². The van der Waals surface area contributed by atoms with Gasteiger partial charge in [0.1, 0.15) is 0 Å². The molecule has 0 heterocycles. The van der Waals surface area contributed by atoms with Gasteiger partial charge in [0.05, 0.1) is 12.2 Å². The van der Waals surface area contributed by atoms with Crippen LogP contribution in [0.1, 0.15) is 31.4 Å². The van der Waals surface area contributed by atoms with Crippen molar-refractivity contribution in [3.05, 3.63) is 35.9 Å². The van der Waals surface area contributed by atoms with E-state index in [4.69, 9.17) is 0 Å². The average molecular weight is 180 g/mol. The molecule has 0 aliphatic heterocycles. The van der Waals surface area contributed by atoms with Crippen LogP contribution >= 0.6 is 0 Å². The molecule has 2 N–H and O–H groups in total. The molecule has 2 nitrogen and oxygen atoms in total. The van der Waals surface area contributed by atoms with E-state index in [1.807, 2.05) is 37.3 Å². The molecule has 0 spiro atoms. The van der Waals surface area contributed by atoms with Gasteiger partial charge in [0, 0.05) is 6.42 Å². The van der Waals surface area contributed by atoms with E-state index < -0.39 is 12.2 Å². The van der Waals surface area contributed by atoms with Crippen LogP contribution in [0.25, 0.3) is 0 Å². The first kappa shape index (κ1) is 10.2. The first-order valence-corrected chi connectivity index (χ1v) is 4.65. The van der Waals surface area contributed by atoms with E-state index in [1.54, 1.807) is 0 Å². The lowest BCUT2D eigenvalue weighted by Crippen LogP contribution is -2.10. The van der Waals surface area contributed by atoms with E-state index in [0.29, 0.717) is 12.8 Å². The molecule has 13 heavy (non-hydrogen) atoms. The Kier molecular flexibility index (Phi) is 3.93. The van der Waals surface area contributed by atoms with Crippen LogP contribution in [0.15, 0.2) is 30.3 Å². The van der Waals surface area contributed by atoms with Crippen molar-refractivity contribution < 1.29 is 10.2 Å². The molecule has 1 rings (SSSR count). The van der Waals surface area contributed by atoms with Gasteiger partial charge in [-0.15, -0.1) is 0 Å². The van der Waals surface area contributed by atoms with E-state index in [1.165, 1.54) is 0 Å². The second kappa shape index (κ2) is 5.00. The maximum absolute atomic E-state index is 9.66. The molecular formula is C11H16O2. The van der Waals surface area contributed by atoms with Crippen LogP contribution in [0.3, 0.4) is 0 Å². The highest BCUT2D eigenvalue weighted by atomic mass is 16.3. The van der Waals surface area contributed by atoms with Gasteiger partial charge in [-0.3, -0.25) is 0 Å². The largest absolute Gasteiger partial charge is 0.393 e. The average Bonchev–Trinajstić information content (AvgIpc) is 2.19. The molecule has 0 aliphatic rings. The molecule has 2 heteroatoms. The van der Waals surface area contributed by atoms with Gasteiger partial charge in [0.25, 0.3) is 0 Å². The summed E-state index contributed by atoms with van der Waals surface area (Å²) >= 11 is 0. The summed E-state index contributed by atoms with van der Waals surface area (Å²) in [6.07, 6.45) is 0.149. The fraction of sp³-hybridized carbons (Fsp3) is 0.455. The van der Waals surface area contributed by atoms with Crippen LogP contribution in [0.4, 0.5) is 0 Å². The Balaban J connectivity index is 2.53. The summed E-state index contributed by atoms with van der Waals surface area (Å²) in [6.45, 7) is 1.91. The maximum Gasteiger partial charge on any atom is 0.0814 e. The van der Waals surface area contributed by atoms with Crippen molar-refractivity contribution in [3.8, 4) is 0 Å². The molecule has 0 radical (unpaired) electrons. The Labute approximate surface area is 78.8 Å². The van der Waals surface area contributed by atoms with Gasteiger partial charge in [-0.25, -0.2) is 0 Å². The second-order valence-electron chi connectivity index (χ2n) is 3.22. The Morgan fingerprint density at radius 2 is 1.77 bits per heavy atom. The van der Waals surface area contributed by atoms with E-state index >= 15 is 0 Å². The Bertz CT molecular complexity index is 233. The van der Waals surface area contributed by atoms with Crippen molar-refractivity contribution >= 4 is 0 Å². The third-order valence-electron chi connectivity index (χ3n) is 2.15. The van der Waals surface area contributed by atoms with Gasteiger partial charge in [-0.05, 0) is 12.0 Å². The summed E-state index contributed by atoms with van der Waals surface area (Å²) in [7, 11) is 0. The molecule has 2 atom stereocenters. The summed E-state index contributed by atoms with van der Waals surface area (Å²) in [5, 5.41) is 19.0. The van der Waals surface area contributed by atoms with Crippen LogP contribution in [0.2, 0.25) is 0 Å². The minimum absolute atomic E-state index is 0.407. The van der Waals surface area contributed by atoms with E-state index in [2.05, 4.69) is 0 Å². The topological polar surface area (TPSA) is 40.5 Å². The zero-order valence-electron chi connectivity index (χ0n) is 7.85. The fourth-order valence-electron chi connectivity index (χ4n) is 1.24. The number of hydrogen-bond acceptors (Lipinski definition) is 2. The van der Waals surface area contributed by atoms with Crippen molar-refractivity contribution in [2.24, 2.45) is 0 Å². The Morgan fingerprint density at radius 3 is 2.31 bits per heavy atom. The summed E-state index contributed by atoms with van der Waals surface area (Å²) in [4.78, 5) is 0. The highest BCUT2D eigenvalue weighted by Crippen LogP contribution is 2.18. The Morgan fingerprint density at radius 1 is 1.15 bits per heavy atom. The highest BCUT2D eigenvalue weighted by Gasteiger charge is 2.11. The smallest absolute Gasteiger partial charge is 0.0814 e. The normalized spacial score (nSPS) is 15.3. The van der Waals surface area contributed by atoms with Crippen molar-refractivity contribution in [2.45, 2.75) is 32.0 Å². The lowest BCUT2D eigenvalue weighted by Gasteiger charge is -2.14. The monoisotopic (exact) mass is 180 g/mol. The third kappa shape index (κ3) is 3.17. The van der Waals surface area contributed by atoms with Gasteiger partial charge in [-0.2, -0.15) is 0 Å². The predicted octanol–water partition coefficient (Wildman–Crippen LogP) is 1.88. The van der Waals surface area contributed by atoms with Gasteiger partial charge in [0.15, 0.2) is 0 Å². The second-order valence-corrected chi connectivity index (χ2v) is 3.22. The molecule has 0 aliphatic carbocycles. The molecule has 1 aromatic rings. The quantitative estimate of drug-likeness (QED) is 0.742. The maximum atomic E-state index is 9.66. The van der Waals surface area contributed by atoms with Gasteiger partial charge in [-0.1, -0.05) is 37.3 Å². The van der Waals surface area contributed by atoms with E-state index in [9.17, 15) is 10.2 Å². The van der Waals surface area contributed by atoms with E-state index in [0.717, 1.165) is 5.56 Å². The minimum Gasteiger partial charge on any atom is -0.393 e. The van der Waals surface area contributed by atoms with Gasteiger partial charge >= 0.3 is 0 Å². The number of aliphatic hydroxyl groups excluding tert-OH is 2. The summed E-state index contributed by atoms with van der Waals surface area (Å²) < 4.78 is 0. The molecule has 0 bridgehead atoms. The molecular weight excluding hydrogens is 164 g/mol. The SMILES string of the molecule is CC[C@H](O)C[C@@H](O)c1ccccc1. The zero-order valence-corrected chi connectivity index (χ0v) is 7.85. The highest BCUT2D eigenvalue weighted by molar-refractivity contribution is 5.17. The standard InChI is InChI=1S/C11H16O2/c1-2-10(12)8-11(13)9-6-4-3-5-7-9/h3-7,10-13H,2,8H2,1H3/t10-,11+/m0/s1. The molecule has 0 amide bonds. The fourth-order valence-corrected chi connectivity index (χ4v) is 1.24. The van der Waals surface area contributed by atoms with Crippen LogP contribution in [0.5, 0.6) is 0 Å². The summed E-state index contributed by atoms with van der Waals surface area (Å²) in [6, 6.07) is 9.42. The van der Waals surface area contributed by atoms with Crippen molar-refractivity contribution in [1.82, 2.24) is 0 Å². The van der Waals surface area contributed by atoms with Crippen LogP contribution in [-0.4, -0.2) is 16.3 Å². The lowest BCUT2D eigenvalue weighted by atomic mass is 10.0. The predicted molar refractivity (Wildman–Crippen MR) is 52.3 cm³/mol.